The summed E-state index contributed by atoms with van der Waals surface area (Å²) in [5.41, 5.74) is 4.19. The second kappa shape index (κ2) is 8.60. The summed E-state index contributed by atoms with van der Waals surface area (Å²) in [6.07, 6.45) is 2.02. The number of fused-ring (bicyclic) bond motifs is 1. The van der Waals surface area contributed by atoms with E-state index in [1.54, 1.807) is 0 Å². The number of aromatic nitrogens is 2. The number of nitrogens with zero attached hydrogens (tertiary/aromatic N) is 4. The van der Waals surface area contributed by atoms with Gasteiger partial charge in [0, 0.05) is 37.3 Å². The van der Waals surface area contributed by atoms with Crippen LogP contribution in [0.15, 0.2) is 24.3 Å². The molecular weight excluding hydrogens is 378 g/mol. The Morgan fingerprint density at radius 2 is 1.87 bits per heavy atom. The Bertz CT molecular complexity index is 905. The first-order valence-corrected chi connectivity index (χ1v) is 10.8. The van der Waals surface area contributed by atoms with E-state index in [0.717, 1.165) is 54.5 Å². The number of anilines is 2. The highest BCUT2D eigenvalue weighted by Crippen LogP contribution is 2.29. The van der Waals surface area contributed by atoms with Gasteiger partial charge < -0.3 is 19.9 Å². The third kappa shape index (κ3) is 4.41. The van der Waals surface area contributed by atoms with E-state index in [1.165, 1.54) is 5.56 Å². The van der Waals surface area contributed by atoms with Gasteiger partial charge in [0.1, 0.15) is 11.6 Å². The molecule has 0 bridgehead atoms. The fourth-order valence-electron chi connectivity index (χ4n) is 4.33. The topological polar surface area (TPSA) is 70.6 Å². The van der Waals surface area contributed by atoms with Gasteiger partial charge in [0.2, 0.25) is 0 Å². The monoisotopic (exact) mass is 409 g/mol. The highest BCUT2D eigenvalue weighted by molar-refractivity contribution is 5.89. The molecule has 1 fully saturated rings. The lowest BCUT2D eigenvalue weighted by Gasteiger charge is -2.38. The standard InChI is InChI=1S/C23H31N5O2/c1-5-18-6-8-19(9-7-18)26-23(29)27-11-10-21-20(14-27)22(25-17(4)24-21)28-12-15(2)30-16(3)13-28/h6-9,15-16H,5,10-14H2,1-4H3,(H,26,29). The molecule has 7 nitrogen and oxygen atoms in total. The number of carbonyl (C=O) groups excluding carboxylic acids is 1. The van der Waals surface area contributed by atoms with Crippen molar-refractivity contribution in [3.8, 4) is 0 Å². The van der Waals surface area contributed by atoms with E-state index < -0.39 is 0 Å². The summed E-state index contributed by atoms with van der Waals surface area (Å²) in [6, 6.07) is 7.94. The highest BCUT2D eigenvalue weighted by atomic mass is 16.5. The van der Waals surface area contributed by atoms with E-state index in [-0.39, 0.29) is 18.2 Å². The van der Waals surface area contributed by atoms with Crippen LogP contribution >= 0.6 is 0 Å². The highest BCUT2D eigenvalue weighted by Gasteiger charge is 2.30. The molecule has 1 N–H and O–H groups in total. The number of aryl methyl sites for hydroxylation is 2. The number of ether oxygens (including phenoxy) is 1. The van der Waals surface area contributed by atoms with Crippen molar-refractivity contribution in [2.45, 2.75) is 59.3 Å². The van der Waals surface area contributed by atoms with Crippen molar-refractivity contribution >= 4 is 17.5 Å². The average Bonchev–Trinajstić information content (AvgIpc) is 2.72. The average molecular weight is 410 g/mol. The molecule has 7 heteroatoms. The van der Waals surface area contributed by atoms with Crippen LogP contribution in [0.5, 0.6) is 0 Å². The number of hydrogen-bond donors (Lipinski definition) is 1. The molecule has 1 aromatic carbocycles. The molecule has 1 saturated heterocycles. The lowest BCUT2D eigenvalue weighted by molar-refractivity contribution is -0.00557. The predicted molar refractivity (Wildman–Crippen MR) is 118 cm³/mol. The van der Waals surface area contributed by atoms with E-state index in [1.807, 2.05) is 24.0 Å². The van der Waals surface area contributed by atoms with Gasteiger partial charge >= 0.3 is 6.03 Å². The van der Waals surface area contributed by atoms with Gasteiger partial charge in [-0.15, -0.1) is 0 Å². The van der Waals surface area contributed by atoms with Gasteiger partial charge in [0.25, 0.3) is 0 Å². The van der Waals surface area contributed by atoms with Crippen LogP contribution < -0.4 is 10.2 Å². The van der Waals surface area contributed by atoms with Crippen molar-refractivity contribution in [2.75, 3.05) is 29.9 Å². The van der Waals surface area contributed by atoms with E-state index in [4.69, 9.17) is 9.72 Å². The zero-order valence-electron chi connectivity index (χ0n) is 18.3. The Hall–Kier alpha value is -2.67. The second-order valence-corrected chi connectivity index (χ2v) is 8.33. The minimum absolute atomic E-state index is 0.0832. The number of amides is 2. The fourth-order valence-corrected chi connectivity index (χ4v) is 4.33. The van der Waals surface area contributed by atoms with Gasteiger partial charge in [-0.05, 0) is 44.9 Å². The van der Waals surface area contributed by atoms with Crippen molar-refractivity contribution in [3.63, 3.8) is 0 Å². The van der Waals surface area contributed by atoms with Crippen LogP contribution in [-0.4, -0.2) is 52.7 Å². The van der Waals surface area contributed by atoms with Crippen LogP contribution in [0, 0.1) is 6.92 Å². The van der Waals surface area contributed by atoms with Crippen LogP contribution in [0.3, 0.4) is 0 Å². The molecular formula is C23H31N5O2. The molecule has 3 heterocycles. The Labute approximate surface area is 178 Å². The SMILES string of the molecule is CCc1ccc(NC(=O)N2CCc3nc(C)nc(N4CC(C)OC(C)C4)c3C2)cc1. The molecule has 2 amide bonds. The molecule has 2 unspecified atom stereocenters. The van der Waals surface area contributed by atoms with Gasteiger partial charge in [0.15, 0.2) is 0 Å². The molecule has 4 rings (SSSR count). The van der Waals surface area contributed by atoms with Crippen LogP contribution in [0.2, 0.25) is 0 Å². The molecule has 0 spiro atoms. The van der Waals surface area contributed by atoms with Gasteiger partial charge in [-0.1, -0.05) is 19.1 Å². The van der Waals surface area contributed by atoms with E-state index in [9.17, 15) is 4.79 Å². The van der Waals surface area contributed by atoms with Crippen molar-refractivity contribution in [1.82, 2.24) is 14.9 Å². The number of hydrogen-bond acceptors (Lipinski definition) is 5. The number of rotatable bonds is 3. The summed E-state index contributed by atoms with van der Waals surface area (Å²) in [6.45, 7) is 11.0. The Morgan fingerprint density at radius 1 is 1.17 bits per heavy atom. The molecule has 2 aromatic rings. The van der Waals surface area contributed by atoms with Crippen LogP contribution in [-0.2, 0) is 24.1 Å². The minimum atomic E-state index is -0.0832. The van der Waals surface area contributed by atoms with Crippen LogP contribution in [0.1, 0.15) is 43.4 Å². The van der Waals surface area contributed by atoms with Crippen molar-refractivity contribution in [3.05, 3.63) is 46.9 Å². The van der Waals surface area contributed by atoms with Gasteiger partial charge in [-0.25, -0.2) is 14.8 Å². The lowest BCUT2D eigenvalue weighted by atomic mass is 10.0. The third-order valence-corrected chi connectivity index (χ3v) is 5.77. The molecule has 2 aliphatic heterocycles. The van der Waals surface area contributed by atoms with Crippen LogP contribution in [0.4, 0.5) is 16.3 Å². The molecule has 160 valence electrons. The lowest BCUT2D eigenvalue weighted by Crippen LogP contribution is -2.47. The molecule has 0 aliphatic carbocycles. The maximum atomic E-state index is 12.9. The number of nitrogens with one attached hydrogen (secondary N) is 1. The molecule has 0 saturated carbocycles. The molecule has 2 atom stereocenters. The third-order valence-electron chi connectivity index (χ3n) is 5.77. The first-order valence-electron chi connectivity index (χ1n) is 10.8. The normalized spacial score (nSPS) is 21.3. The molecule has 2 aliphatic rings. The number of carbonyl (C=O) groups is 1. The number of morpholine rings is 1. The maximum Gasteiger partial charge on any atom is 0.322 e. The molecule has 0 radical (unpaired) electrons. The fraction of sp³-hybridized carbons (Fsp3) is 0.522. The van der Waals surface area contributed by atoms with Crippen LogP contribution in [0.25, 0.3) is 0 Å². The first-order chi connectivity index (χ1) is 14.4. The first kappa shape index (κ1) is 20.6. The molecule has 30 heavy (non-hydrogen) atoms. The zero-order chi connectivity index (χ0) is 21.3. The quantitative estimate of drug-likeness (QED) is 0.839. The summed E-state index contributed by atoms with van der Waals surface area (Å²) in [7, 11) is 0. The van der Waals surface area contributed by atoms with Gasteiger partial charge in [0.05, 0.1) is 24.4 Å². The Morgan fingerprint density at radius 3 is 2.53 bits per heavy atom. The molecule has 1 aromatic heterocycles. The summed E-state index contributed by atoms with van der Waals surface area (Å²) in [4.78, 5) is 26.5. The summed E-state index contributed by atoms with van der Waals surface area (Å²) in [5.74, 6) is 1.73. The largest absolute Gasteiger partial charge is 0.372 e. The summed E-state index contributed by atoms with van der Waals surface area (Å²) < 4.78 is 5.89. The summed E-state index contributed by atoms with van der Waals surface area (Å²) in [5, 5.41) is 3.03. The smallest absolute Gasteiger partial charge is 0.322 e. The van der Waals surface area contributed by atoms with Gasteiger partial charge in [-0.3, -0.25) is 0 Å². The second-order valence-electron chi connectivity index (χ2n) is 8.33. The maximum absolute atomic E-state index is 12.9. The zero-order valence-corrected chi connectivity index (χ0v) is 18.3. The van der Waals surface area contributed by atoms with Crippen molar-refractivity contribution < 1.29 is 9.53 Å². The number of urea groups is 1. The van der Waals surface area contributed by atoms with Crippen molar-refractivity contribution in [1.29, 1.82) is 0 Å². The minimum Gasteiger partial charge on any atom is -0.372 e. The van der Waals surface area contributed by atoms with Gasteiger partial charge in [-0.2, -0.15) is 0 Å². The summed E-state index contributed by atoms with van der Waals surface area (Å²) >= 11 is 0. The Balaban J connectivity index is 1.54. The van der Waals surface area contributed by atoms with E-state index >= 15 is 0 Å². The van der Waals surface area contributed by atoms with E-state index in [2.05, 4.69) is 48.1 Å². The van der Waals surface area contributed by atoms with E-state index in [0.29, 0.717) is 13.1 Å². The predicted octanol–water partition coefficient (Wildman–Crippen LogP) is 3.55. The van der Waals surface area contributed by atoms with Crippen molar-refractivity contribution in [2.24, 2.45) is 0 Å². The number of benzene rings is 1. The Kier molecular flexibility index (Phi) is 5.90.